The molecule has 138 valence electrons. The predicted molar refractivity (Wildman–Crippen MR) is 95.7 cm³/mol. The minimum atomic E-state index is -0.409. The maximum atomic E-state index is 12.1. The smallest absolute Gasteiger partial charge is 0.338 e. The Balaban J connectivity index is 1.44. The predicted octanol–water partition coefficient (Wildman–Crippen LogP) is 2.87. The third-order valence-electron chi connectivity index (χ3n) is 4.75. The van der Waals surface area contributed by atoms with Crippen LogP contribution < -0.4 is 4.90 Å². The van der Waals surface area contributed by atoms with Gasteiger partial charge in [0.2, 0.25) is 0 Å². The van der Waals surface area contributed by atoms with Crippen LogP contribution in [0.15, 0.2) is 36.4 Å². The molecule has 1 saturated heterocycles. The van der Waals surface area contributed by atoms with Crippen LogP contribution in [0.1, 0.15) is 43.0 Å². The lowest BCUT2D eigenvalue weighted by Crippen LogP contribution is -2.39. The molecule has 1 fully saturated rings. The van der Waals surface area contributed by atoms with Gasteiger partial charge in [0.05, 0.1) is 30.6 Å². The van der Waals surface area contributed by atoms with Crippen molar-refractivity contribution in [3.63, 3.8) is 0 Å². The molecule has 2 aliphatic rings. The number of nitrogens with zero attached hydrogens (tertiary/aromatic N) is 1. The van der Waals surface area contributed by atoms with Crippen LogP contribution in [-0.2, 0) is 19.1 Å². The summed E-state index contributed by atoms with van der Waals surface area (Å²) in [6, 6.07) is 6.25. The SMILES string of the molecule is CCCC1COC1CCCOC(=O)c1ccc(N2C(=O)C=CC2=O)cc1. The molecule has 0 N–H and O–H groups in total. The van der Waals surface area contributed by atoms with E-state index in [1.54, 1.807) is 24.3 Å². The first-order valence-corrected chi connectivity index (χ1v) is 9.05. The van der Waals surface area contributed by atoms with Gasteiger partial charge in [-0.15, -0.1) is 0 Å². The molecule has 2 amide bonds. The Hall–Kier alpha value is -2.47. The van der Waals surface area contributed by atoms with Gasteiger partial charge in [-0.25, -0.2) is 9.69 Å². The van der Waals surface area contributed by atoms with E-state index >= 15 is 0 Å². The van der Waals surface area contributed by atoms with Crippen molar-refractivity contribution in [1.29, 1.82) is 0 Å². The molecule has 2 unspecified atom stereocenters. The van der Waals surface area contributed by atoms with Crippen LogP contribution in [0.3, 0.4) is 0 Å². The Morgan fingerprint density at radius 1 is 1.15 bits per heavy atom. The van der Waals surface area contributed by atoms with E-state index in [1.807, 2.05) is 0 Å². The van der Waals surface area contributed by atoms with E-state index in [9.17, 15) is 14.4 Å². The van der Waals surface area contributed by atoms with Crippen molar-refractivity contribution in [3.05, 3.63) is 42.0 Å². The van der Waals surface area contributed by atoms with E-state index in [2.05, 4.69) is 6.92 Å². The summed E-state index contributed by atoms with van der Waals surface area (Å²) in [6.07, 6.45) is 6.79. The summed E-state index contributed by atoms with van der Waals surface area (Å²) in [5.41, 5.74) is 0.829. The van der Waals surface area contributed by atoms with Gasteiger partial charge in [0.1, 0.15) is 0 Å². The zero-order valence-corrected chi connectivity index (χ0v) is 14.8. The average molecular weight is 357 g/mol. The molecule has 0 aliphatic carbocycles. The number of carbonyl (C=O) groups is 3. The molecule has 0 saturated carbocycles. The highest BCUT2D eigenvalue weighted by Gasteiger charge is 2.30. The van der Waals surface area contributed by atoms with Gasteiger partial charge in [-0.05, 0) is 43.5 Å². The fourth-order valence-electron chi connectivity index (χ4n) is 3.26. The first kappa shape index (κ1) is 18.3. The van der Waals surface area contributed by atoms with Crippen LogP contribution in [-0.4, -0.2) is 37.1 Å². The summed E-state index contributed by atoms with van der Waals surface area (Å²) in [7, 11) is 0. The second kappa shape index (κ2) is 8.27. The lowest BCUT2D eigenvalue weighted by molar-refractivity contribution is -0.122. The second-order valence-corrected chi connectivity index (χ2v) is 6.59. The molecule has 6 nitrogen and oxygen atoms in total. The maximum Gasteiger partial charge on any atom is 0.338 e. The minimum absolute atomic E-state index is 0.303. The highest BCUT2D eigenvalue weighted by Crippen LogP contribution is 2.28. The first-order chi connectivity index (χ1) is 12.6. The number of anilines is 1. The molecule has 2 heterocycles. The van der Waals surface area contributed by atoms with Gasteiger partial charge in [-0.3, -0.25) is 9.59 Å². The molecule has 1 aromatic carbocycles. The topological polar surface area (TPSA) is 72.9 Å². The molecule has 0 aromatic heterocycles. The zero-order chi connectivity index (χ0) is 18.5. The van der Waals surface area contributed by atoms with Gasteiger partial charge in [0.15, 0.2) is 0 Å². The van der Waals surface area contributed by atoms with E-state index < -0.39 is 5.97 Å². The Morgan fingerprint density at radius 3 is 2.42 bits per heavy atom. The van der Waals surface area contributed by atoms with Gasteiger partial charge >= 0.3 is 5.97 Å². The standard InChI is InChI=1S/C20H23NO5/c1-2-4-15-13-26-17(15)5-3-12-25-20(24)14-6-8-16(9-7-14)21-18(22)10-11-19(21)23/h6-11,15,17H,2-5,12-13H2,1H3. The Labute approximate surface area is 152 Å². The molecule has 1 aromatic rings. The van der Waals surface area contributed by atoms with Gasteiger partial charge in [0, 0.05) is 18.1 Å². The fourth-order valence-corrected chi connectivity index (χ4v) is 3.26. The van der Waals surface area contributed by atoms with Crippen LogP contribution in [0.4, 0.5) is 5.69 Å². The van der Waals surface area contributed by atoms with E-state index in [0.29, 0.717) is 29.9 Å². The average Bonchev–Trinajstić information content (AvgIpc) is 2.97. The monoisotopic (exact) mass is 357 g/mol. The molecule has 0 radical (unpaired) electrons. The summed E-state index contributed by atoms with van der Waals surface area (Å²) in [5, 5.41) is 0. The summed E-state index contributed by atoms with van der Waals surface area (Å²) < 4.78 is 10.9. The van der Waals surface area contributed by atoms with Gasteiger partial charge in [0.25, 0.3) is 11.8 Å². The normalized spacial score (nSPS) is 21.8. The Morgan fingerprint density at radius 2 is 1.85 bits per heavy atom. The molecule has 6 heteroatoms. The molecule has 3 rings (SSSR count). The number of ether oxygens (including phenoxy) is 2. The van der Waals surface area contributed by atoms with Gasteiger partial charge in [-0.1, -0.05) is 13.3 Å². The first-order valence-electron chi connectivity index (χ1n) is 9.05. The number of esters is 1. The highest BCUT2D eigenvalue weighted by molar-refractivity contribution is 6.28. The van der Waals surface area contributed by atoms with Crippen LogP contribution >= 0.6 is 0 Å². The van der Waals surface area contributed by atoms with E-state index in [0.717, 1.165) is 24.3 Å². The number of carbonyl (C=O) groups excluding carboxylic acids is 3. The Kier molecular flexibility index (Phi) is 5.83. The lowest BCUT2D eigenvalue weighted by atomic mass is 9.90. The lowest BCUT2D eigenvalue weighted by Gasteiger charge is -2.37. The third-order valence-corrected chi connectivity index (χ3v) is 4.75. The molecule has 0 bridgehead atoms. The van der Waals surface area contributed by atoms with Crippen molar-refractivity contribution in [1.82, 2.24) is 0 Å². The number of rotatable bonds is 8. The summed E-state index contributed by atoms with van der Waals surface area (Å²) in [6.45, 7) is 3.38. The number of hydrogen-bond acceptors (Lipinski definition) is 5. The largest absolute Gasteiger partial charge is 0.462 e. The maximum absolute atomic E-state index is 12.1. The van der Waals surface area contributed by atoms with Gasteiger partial charge < -0.3 is 9.47 Å². The van der Waals surface area contributed by atoms with Crippen LogP contribution in [0, 0.1) is 5.92 Å². The molecule has 2 atom stereocenters. The summed E-state index contributed by atoms with van der Waals surface area (Å²) in [4.78, 5) is 36.4. The fraction of sp³-hybridized carbons (Fsp3) is 0.450. The van der Waals surface area contributed by atoms with Crippen molar-refractivity contribution in [3.8, 4) is 0 Å². The number of benzene rings is 1. The molecular weight excluding hydrogens is 334 g/mol. The Bertz CT molecular complexity index is 691. The second-order valence-electron chi connectivity index (χ2n) is 6.59. The summed E-state index contributed by atoms with van der Waals surface area (Å²) in [5.74, 6) is -0.531. The number of amides is 2. The van der Waals surface area contributed by atoms with Crippen molar-refractivity contribution in [2.45, 2.75) is 38.7 Å². The molecular formula is C20H23NO5. The number of imide groups is 1. The minimum Gasteiger partial charge on any atom is -0.462 e. The third kappa shape index (κ3) is 4.02. The van der Waals surface area contributed by atoms with E-state index in [-0.39, 0.29) is 11.8 Å². The van der Waals surface area contributed by atoms with Crippen molar-refractivity contribution >= 4 is 23.5 Å². The van der Waals surface area contributed by atoms with Crippen LogP contribution in [0.2, 0.25) is 0 Å². The zero-order valence-electron chi connectivity index (χ0n) is 14.8. The number of hydrogen-bond donors (Lipinski definition) is 0. The van der Waals surface area contributed by atoms with Crippen LogP contribution in [0.25, 0.3) is 0 Å². The van der Waals surface area contributed by atoms with Gasteiger partial charge in [-0.2, -0.15) is 0 Å². The van der Waals surface area contributed by atoms with Crippen molar-refractivity contribution in [2.24, 2.45) is 5.92 Å². The molecule has 26 heavy (non-hydrogen) atoms. The van der Waals surface area contributed by atoms with E-state index in [1.165, 1.54) is 25.0 Å². The molecule has 2 aliphatic heterocycles. The van der Waals surface area contributed by atoms with E-state index in [4.69, 9.17) is 9.47 Å². The summed E-state index contributed by atoms with van der Waals surface area (Å²) >= 11 is 0. The quantitative estimate of drug-likeness (QED) is 0.406. The van der Waals surface area contributed by atoms with Crippen molar-refractivity contribution in [2.75, 3.05) is 18.1 Å². The van der Waals surface area contributed by atoms with Crippen LogP contribution in [0.5, 0.6) is 0 Å². The molecule has 0 spiro atoms. The van der Waals surface area contributed by atoms with Crippen molar-refractivity contribution < 1.29 is 23.9 Å². The highest BCUT2D eigenvalue weighted by atomic mass is 16.5.